The Bertz CT molecular complexity index is 593. The van der Waals surface area contributed by atoms with Crippen molar-refractivity contribution < 1.29 is 14.6 Å². The summed E-state index contributed by atoms with van der Waals surface area (Å²) < 4.78 is 5.13. The number of fused-ring (bicyclic) bond motifs is 1. The second kappa shape index (κ2) is 4.96. The Kier molecular flexibility index (Phi) is 3.37. The lowest BCUT2D eigenvalue weighted by atomic mass is 10.0. The Hall–Kier alpha value is -2.23. The Morgan fingerprint density at radius 1 is 1.33 bits per heavy atom. The first-order valence-electron chi connectivity index (χ1n) is 5.74. The predicted molar refractivity (Wildman–Crippen MR) is 70.2 cm³/mol. The van der Waals surface area contributed by atoms with E-state index in [1.165, 1.54) is 6.07 Å². The molecule has 0 unspecified atom stereocenters. The number of ether oxygens (including phenoxy) is 1. The van der Waals surface area contributed by atoms with E-state index >= 15 is 0 Å². The Labute approximate surface area is 105 Å². The smallest absolute Gasteiger partial charge is 0.251 e. The Balaban J connectivity index is 2.55. The van der Waals surface area contributed by atoms with E-state index in [4.69, 9.17) is 4.74 Å². The molecule has 0 aliphatic rings. The van der Waals surface area contributed by atoms with Gasteiger partial charge in [0.15, 0.2) is 0 Å². The summed E-state index contributed by atoms with van der Waals surface area (Å²) >= 11 is 0. The van der Waals surface area contributed by atoms with Crippen molar-refractivity contribution in [2.24, 2.45) is 0 Å². The van der Waals surface area contributed by atoms with E-state index in [0.29, 0.717) is 23.2 Å². The van der Waals surface area contributed by atoms with Gasteiger partial charge in [0, 0.05) is 17.5 Å². The van der Waals surface area contributed by atoms with Crippen molar-refractivity contribution in [3.63, 3.8) is 0 Å². The van der Waals surface area contributed by atoms with E-state index < -0.39 is 0 Å². The molecule has 2 aromatic carbocycles. The number of amides is 1. The van der Waals surface area contributed by atoms with Gasteiger partial charge in [0.1, 0.15) is 11.5 Å². The summed E-state index contributed by atoms with van der Waals surface area (Å²) in [5.41, 5.74) is 0.440. The third kappa shape index (κ3) is 2.22. The zero-order chi connectivity index (χ0) is 13.1. The van der Waals surface area contributed by atoms with Crippen molar-refractivity contribution in [3.05, 3.63) is 35.9 Å². The molecule has 0 atom stereocenters. The van der Waals surface area contributed by atoms with E-state index in [-0.39, 0.29) is 11.7 Å². The van der Waals surface area contributed by atoms with Gasteiger partial charge in [0.2, 0.25) is 0 Å². The molecule has 0 radical (unpaired) electrons. The van der Waals surface area contributed by atoms with Gasteiger partial charge in [-0.1, -0.05) is 0 Å². The highest BCUT2D eigenvalue weighted by atomic mass is 16.5. The molecular formula is C14H15NO3. The first kappa shape index (κ1) is 12.2. The zero-order valence-electron chi connectivity index (χ0n) is 10.4. The number of rotatable bonds is 3. The molecule has 2 rings (SSSR count). The molecule has 2 N–H and O–H groups in total. The van der Waals surface area contributed by atoms with Gasteiger partial charge < -0.3 is 15.2 Å². The molecule has 0 aliphatic carbocycles. The first-order chi connectivity index (χ1) is 8.65. The van der Waals surface area contributed by atoms with Gasteiger partial charge in [-0.05, 0) is 42.6 Å². The first-order valence-corrected chi connectivity index (χ1v) is 5.74. The summed E-state index contributed by atoms with van der Waals surface area (Å²) in [7, 11) is 1.58. The number of carbonyl (C=O) groups excluding carboxylic acids is 1. The minimum absolute atomic E-state index is 0.0939. The van der Waals surface area contributed by atoms with Crippen molar-refractivity contribution in [1.82, 2.24) is 5.32 Å². The lowest BCUT2D eigenvalue weighted by molar-refractivity contribution is 0.0955. The van der Waals surface area contributed by atoms with Crippen LogP contribution in [-0.4, -0.2) is 24.7 Å². The minimum atomic E-state index is -0.197. The number of phenols is 1. The van der Waals surface area contributed by atoms with Gasteiger partial charge in [0.05, 0.1) is 7.11 Å². The molecule has 4 nitrogen and oxygen atoms in total. The van der Waals surface area contributed by atoms with Gasteiger partial charge in [-0.15, -0.1) is 0 Å². The SMILES string of the molecule is CCNC(=O)c1cc(O)c2ccc(OC)cc2c1. The second-order valence-corrected chi connectivity index (χ2v) is 3.94. The summed E-state index contributed by atoms with van der Waals surface area (Å²) in [6.45, 7) is 2.40. The van der Waals surface area contributed by atoms with Gasteiger partial charge in [-0.3, -0.25) is 4.79 Å². The molecule has 0 spiro atoms. The molecular weight excluding hydrogens is 230 g/mol. The molecule has 0 saturated heterocycles. The standard InChI is InChI=1S/C14H15NO3/c1-3-15-14(17)10-6-9-7-11(18-2)4-5-12(9)13(16)8-10/h4-8,16H,3H2,1-2H3,(H,15,17). The second-order valence-electron chi connectivity index (χ2n) is 3.94. The maximum Gasteiger partial charge on any atom is 0.251 e. The van der Waals surface area contributed by atoms with Crippen LogP contribution in [0.15, 0.2) is 30.3 Å². The normalized spacial score (nSPS) is 10.3. The van der Waals surface area contributed by atoms with E-state index in [9.17, 15) is 9.90 Å². The van der Waals surface area contributed by atoms with Crippen LogP contribution in [0.25, 0.3) is 10.8 Å². The van der Waals surface area contributed by atoms with Crippen LogP contribution in [0, 0.1) is 0 Å². The lowest BCUT2D eigenvalue weighted by Gasteiger charge is -2.08. The maximum atomic E-state index is 11.7. The largest absolute Gasteiger partial charge is 0.507 e. The van der Waals surface area contributed by atoms with Crippen molar-refractivity contribution in [1.29, 1.82) is 0 Å². The average Bonchev–Trinajstić information content (AvgIpc) is 2.38. The zero-order valence-corrected chi connectivity index (χ0v) is 10.4. The highest BCUT2D eigenvalue weighted by Crippen LogP contribution is 2.29. The van der Waals surface area contributed by atoms with Gasteiger partial charge in [0.25, 0.3) is 5.91 Å². The summed E-state index contributed by atoms with van der Waals surface area (Å²) in [6.07, 6.45) is 0. The number of hydrogen-bond acceptors (Lipinski definition) is 3. The highest BCUT2D eigenvalue weighted by Gasteiger charge is 2.09. The maximum absolute atomic E-state index is 11.7. The van der Waals surface area contributed by atoms with Gasteiger partial charge in [-0.25, -0.2) is 0 Å². The monoisotopic (exact) mass is 245 g/mol. The van der Waals surface area contributed by atoms with Crippen molar-refractivity contribution in [3.8, 4) is 11.5 Å². The number of methoxy groups -OCH3 is 1. The van der Waals surface area contributed by atoms with Crippen LogP contribution in [0.5, 0.6) is 11.5 Å². The number of carbonyl (C=O) groups is 1. The van der Waals surface area contributed by atoms with Gasteiger partial charge in [-0.2, -0.15) is 0 Å². The van der Waals surface area contributed by atoms with Crippen molar-refractivity contribution in [2.75, 3.05) is 13.7 Å². The molecule has 94 valence electrons. The number of benzene rings is 2. The van der Waals surface area contributed by atoms with E-state index in [2.05, 4.69) is 5.32 Å². The van der Waals surface area contributed by atoms with Crippen LogP contribution in [0.1, 0.15) is 17.3 Å². The van der Waals surface area contributed by atoms with E-state index in [1.807, 2.05) is 6.92 Å². The molecule has 0 bridgehead atoms. The van der Waals surface area contributed by atoms with Crippen LogP contribution in [0.4, 0.5) is 0 Å². The lowest BCUT2D eigenvalue weighted by Crippen LogP contribution is -2.22. The fraction of sp³-hybridized carbons (Fsp3) is 0.214. The molecule has 18 heavy (non-hydrogen) atoms. The third-order valence-electron chi connectivity index (χ3n) is 2.74. The molecule has 0 fully saturated rings. The van der Waals surface area contributed by atoms with Crippen LogP contribution >= 0.6 is 0 Å². The summed E-state index contributed by atoms with van der Waals surface area (Å²) in [4.78, 5) is 11.7. The molecule has 0 aliphatic heterocycles. The number of nitrogens with one attached hydrogen (secondary N) is 1. The van der Waals surface area contributed by atoms with Crippen molar-refractivity contribution >= 4 is 16.7 Å². The molecule has 0 heterocycles. The number of aromatic hydroxyl groups is 1. The fourth-order valence-electron chi connectivity index (χ4n) is 1.85. The van der Waals surface area contributed by atoms with Crippen molar-refractivity contribution in [2.45, 2.75) is 6.92 Å². The van der Waals surface area contributed by atoms with Crippen LogP contribution in [-0.2, 0) is 0 Å². The topological polar surface area (TPSA) is 58.6 Å². The Morgan fingerprint density at radius 3 is 2.78 bits per heavy atom. The summed E-state index contributed by atoms with van der Waals surface area (Å²) in [5, 5.41) is 14.1. The van der Waals surface area contributed by atoms with E-state index in [0.717, 1.165) is 5.39 Å². The van der Waals surface area contributed by atoms with Gasteiger partial charge >= 0.3 is 0 Å². The number of phenolic OH excluding ortho intramolecular Hbond substituents is 1. The molecule has 0 aromatic heterocycles. The summed E-state index contributed by atoms with van der Waals surface area (Å²) in [6, 6.07) is 8.54. The predicted octanol–water partition coefficient (Wildman–Crippen LogP) is 2.30. The molecule has 1 amide bonds. The number of hydrogen-bond donors (Lipinski definition) is 2. The minimum Gasteiger partial charge on any atom is -0.507 e. The average molecular weight is 245 g/mol. The van der Waals surface area contributed by atoms with Crippen LogP contribution < -0.4 is 10.1 Å². The van der Waals surface area contributed by atoms with E-state index in [1.54, 1.807) is 31.4 Å². The quantitative estimate of drug-likeness (QED) is 0.872. The molecule has 2 aromatic rings. The molecule has 4 heteroatoms. The Morgan fingerprint density at radius 2 is 2.11 bits per heavy atom. The molecule has 0 saturated carbocycles. The highest BCUT2D eigenvalue weighted by molar-refractivity contribution is 6.01. The fourth-order valence-corrected chi connectivity index (χ4v) is 1.85. The van der Waals surface area contributed by atoms with Crippen LogP contribution in [0.3, 0.4) is 0 Å². The van der Waals surface area contributed by atoms with Crippen LogP contribution in [0.2, 0.25) is 0 Å². The third-order valence-corrected chi connectivity index (χ3v) is 2.74. The summed E-state index contributed by atoms with van der Waals surface area (Å²) in [5.74, 6) is 0.587.